The summed E-state index contributed by atoms with van der Waals surface area (Å²) in [4.78, 5) is 9.87. The van der Waals surface area contributed by atoms with Gasteiger partial charge in [0.25, 0.3) is 0 Å². The second kappa shape index (κ2) is 2.43. The van der Waals surface area contributed by atoms with Crippen molar-refractivity contribution in [2.45, 2.75) is 11.8 Å². The Kier molecular flexibility index (Phi) is 1.91. The Hall–Kier alpha value is -0.230. The van der Waals surface area contributed by atoms with E-state index in [2.05, 4.69) is 22.7 Å². The Bertz CT molecular complexity index is 196. The van der Waals surface area contributed by atoms with Crippen molar-refractivity contribution in [2.24, 2.45) is 0 Å². The second-order valence-electron chi connectivity index (χ2n) is 2.21. The van der Waals surface area contributed by atoms with E-state index in [0.29, 0.717) is 5.75 Å². The van der Waals surface area contributed by atoms with Crippen LogP contribution < -0.4 is 10.0 Å². The molecule has 1 rings (SSSR count). The van der Waals surface area contributed by atoms with Crippen molar-refractivity contribution in [1.82, 2.24) is 10.0 Å². The topological polar surface area (TPSA) is 58.2 Å². The van der Waals surface area contributed by atoms with Crippen molar-refractivity contribution in [3.63, 3.8) is 0 Å². The zero-order valence-electron chi connectivity index (χ0n) is 5.38. The summed E-state index contributed by atoms with van der Waals surface area (Å²) >= 11 is 3.95. The lowest BCUT2D eigenvalue weighted by atomic mass is 10.4. The number of urea groups is 1. The number of hydrogen-bond acceptors (Lipinski definition) is 3. The first-order valence-electron chi connectivity index (χ1n) is 2.70. The van der Waals surface area contributed by atoms with E-state index in [1.54, 1.807) is 6.92 Å². The van der Waals surface area contributed by atoms with Crippen LogP contribution in [0.5, 0.6) is 0 Å². The summed E-state index contributed by atoms with van der Waals surface area (Å²) in [6, 6.07) is -0.394. The van der Waals surface area contributed by atoms with Crippen LogP contribution in [0.2, 0.25) is 0 Å². The molecular weight excluding hydrogens is 172 g/mol. The number of carbonyl (C=O) groups excluding carboxylic acids is 1. The first kappa shape index (κ1) is 7.87. The molecule has 1 saturated heterocycles. The van der Waals surface area contributed by atoms with Crippen LogP contribution in [0, 0.1) is 0 Å². The molecule has 4 nitrogen and oxygen atoms in total. The molecule has 0 aromatic heterocycles. The average Bonchev–Trinajstić information content (AvgIpc) is 2.09. The summed E-state index contributed by atoms with van der Waals surface area (Å²) in [6.45, 7) is 1.67. The van der Waals surface area contributed by atoms with Crippen molar-refractivity contribution in [3.8, 4) is 0 Å². The molecule has 0 radical (unpaired) electrons. The van der Waals surface area contributed by atoms with Crippen LogP contribution in [-0.2, 0) is 11.0 Å². The third-order valence-corrected chi connectivity index (χ3v) is 3.56. The lowest BCUT2D eigenvalue weighted by Crippen LogP contribution is -2.42. The molecule has 0 bridgehead atoms. The predicted molar refractivity (Wildman–Crippen MR) is 42.1 cm³/mol. The number of rotatable bonds is 1. The number of hydrogen-bond donors (Lipinski definition) is 3. The number of amides is 2. The summed E-state index contributed by atoms with van der Waals surface area (Å²) in [5.74, 6) is 0.359. The van der Waals surface area contributed by atoms with Gasteiger partial charge in [0, 0.05) is 5.75 Å². The fourth-order valence-corrected chi connectivity index (χ4v) is 1.79. The highest BCUT2D eigenvalue weighted by Crippen LogP contribution is 2.14. The summed E-state index contributed by atoms with van der Waals surface area (Å²) < 4.78 is 13.2. The molecule has 0 aromatic rings. The molecule has 2 amide bonds. The Labute approximate surface area is 66.8 Å². The molecule has 2 N–H and O–H groups in total. The van der Waals surface area contributed by atoms with E-state index in [1.165, 1.54) is 0 Å². The molecule has 0 spiro atoms. The molecule has 1 aliphatic heterocycles. The number of nitrogens with one attached hydrogen (secondary N) is 2. The standard InChI is InChI=1S/C4H8N2O2S2/c1-4(2-9)5-3(7)6-10(4)8/h9H,2H2,1H3,(H2,5,6,7)/t4-,10?/m0/s1. The smallest absolute Gasteiger partial charge is 0.318 e. The van der Waals surface area contributed by atoms with Gasteiger partial charge in [-0.15, -0.1) is 0 Å². The minimum absolute atomic E-state index is 0.359. The van der Waals surface area contributed by atoms with Crippen molar-refractivity contribution in [2.75, 3.05) is 5.75 Å². The van der Waals surface area contributed by atoms with Gasteiger partial charge in [0.1, 0.15) is 15.9 Å². The maximum atomic E-state index is 11.0. The molecule has 58 valence electrons. The lowest BCUT2D eigenvalue weighted by molar-refractivity contribution is 0.246. The molecule has 1 unspecified atom stereocenters. The van der Waals surface area contributed by atoms with Gasteiger partial charge in [0.05, 0.1) is 0 Å². The molecule has 2 atom stereocenters. The van der Waals surface area contributed by atoms with Crippen molar-refractivity contribution >= 4 is 29.6 Å². The van der Waals surface area contributed by atoms with Gasteiger partial charge in [-0.2, -0.15) is 12.6 Å². The van der Waals surface area contributed by atoms with Crippen LogP contribution in [-0.4, -0.2) is 20.9 Å². The molecule has 10 heavy (non-hydrogen) atoms. The fraction of sp³-hybridized carbons (Fsp3) is 0.750. The molecule has 1 fully saturated rings. The molecule has 0 saturated carbocycles. The molecule has 1 heterocycles. The van der Waals surface area contributed by atoms with Crippen LogP contribution in [0.15, 0.2) is 0 Å². The normalized spacial score (nSPS) is 39.0. The van der Waals surface area contributed by atoms with Gasteiger partial charge in [0.2, 0.25) is 0 Å². The minimum atomic E-state index is -1.34. The SMILES string of the molecule is C[C@]1(CS)NC(=O)NS1=O. The third-order valence-electron chi connectivity index (χ3n) is 1.27. The van der Waals surface area contributed by atoms with E-state index in [0.717, 1.165) is 0 Å². The minimum Gasteiger partial charge on any atom is -0.318 e. The predicted octanol–water partition coefficient (Wildman–Crippen LogP) is -0.391. The van der Waals surface area contributed by atoms with E-state index < -0.39 is 21.9 Å². The Morgan fingerprint density at radius 3 is 2.60 bits per heavy atom. The summed E-state index contributed by atoms with van der Waals surface area (Å²) in [5, 5.41) is 2.50. The molecule has 1 aliphatic rings. The maximum absolute atomic E-state index is 11.0. The Morgan fingerprint density at radius 1 is 1.80 bits per heavy atom. The summed E-state index contributed by atoms with van der Waals surface area (Å²) in [6.07, 6.45) is 0. The third kappa shape index (κ3) is 1.13. The van der Waals surface area contributed by atoms with E-state index in [-0.39, 0.29) is 0 Å². The highest BCUT2D eigenvalue weighted by molar-refractivity contribution is 7.87. The average molecular weight is 180 g/mol. The summed E-state index contributed by atoms with van der Waals surface area (Å²) in [7, 11) is -1.34. The largest absolute Gasteiger partial charge is 0.327 e. The first-order chi connectivity index (χ1) is 4.58. The quantitative estimate of drug-likeness (QED) is 0.481. The van der Waals surface area contributed by atoms with Gasteiger partial charge in [-0.3, -0.25) is 4.72 Å². The van der Waals surface area contributed by atoms with Gasteiger partial charge in [-0.05, 0) is 6.92 Å². The van der Waals surface area contributed by atoms with Crippen LogP contribution in [0.1, 0.15) is 6.92 Å². The van der Waals surface area contributed by atoms with Gasteiger partial charge < -0.3 is 5.32 Å². The van der Waals surface area contributed by atoms with E-state index in [1.807, 2.05) is 0 Å². The number of carbonyl (C=O) groups is 1. The molecular formula is C4H8N2O2S2. The van der Waals surface area contributed by atoms with E-state index in [9.17, 15) is 9.00 Å². The van der Waals surface area contributed by atoms with Crippen LogP contribution >= 0.6 is 12.6 Å². The zero-order chi connectivity index (χ0) is 7.78. The Morgan fingerprint density at radius 2 is 2.40 bits per heavy atom. The van der Waals surface area contributed by atoms with Crippen LogP contribution in [0.3, 0.4) is 0 Å². The maximum Gasteiger partial charge on any atom is 0.327 e. The van der Waals surface area contributed by atoms with Crippen molar-refractivity contribution in [3.05, 3.63) is 0 Å². The lowest BCUT2D eigenvalue weighted by Gasteiger charge is -2.16. The van der Waals surface area contributed by atoms with Crippen molar-refractivity contribution in [1.29, 1.82) is 0 Å². The highest BCUT2D eigenvalue weighted by atomic mass is 32.2. The van der Waals surface area contributed by atoms with Crippen molar-refractivity contribution < 1.29 is 9.00 Å². The summed E-state index contributed by atoms with van der Waals surface area (Å²) in [5.41, 5.74) is 0. The van der Waals surface area contributed by atoms with E-state index in [4.69, 9.17) is 0 Å². The monoisotopic (exact) mass is 180 g/mol. The van der Waals surface area contributed by atoms with Gasteiger partial charge in [-0.25, -0.2) is 9.00 Å². The Balaban J connectivity index is 2.80. The highest BCUT2D eigenvalue weighted by Gasteiger charge is 2.39. The van der Waals surface area contributed by atoms with Gasteiger partial charge in [-0.1, -0.05) is 0 Å². The fourth-order valence-electron chi connectivity index (χ4n) is 0.607. The van der Waals surface area contributed by atoms with Crippen LogP contribution in [0.25, 0.3) is 0 Å². The van der Waals surface area contributed by atoms with Gasteiger partial charge >= 0.3 is 6.03 Å². The van der Waals surface area contributed by atoms with E-state index >= 15 is 0 Å². The van der Waals surface area contributed by atoms with Crippen LogP contribution in [0.4, 0.5) is 4.79 Å². The second-order valence-corrected chi connectivity index (χ2v) is 4.17. The zero-order valence-corrected chi connectivity index (χ0v) is 7.09. The molecule has 6 heteroatoms. The van der Waals surface area contributed by atoms with Gasteiger partial charge in [0.15, 0.2) is 0 Å². The molecule has 0 aliphatic carbocycles. The number of thiol groups is 1. The molecule has 0 aromatic carbocycles. The first-order valence-corrected chi connectivity index (χ1v) is 4.48.